The fourth-order valence-corrected chi connectivity index (χ4v) is 4.46. The molecule has 2 aromatic carbocycles. The van der Waals surface area contributed by atoms with Gasteiger partial charge in [0.1, 0.15) is 17.5 Å². The largest absolute Gasteiger partial charge is 0.490 e. The summed E-state index contributed by atoms with van der Waals surface area (Å²) in [6.07, 6.45) is -2.87. The van der Waals surface area contributed by atoms with Crippen molar-refractivity contribution in [3.63, 3.8) is 0 Å². The molecule has 14 heteroatoms. The number of nitrogens with two attached hydrogens (primary N) is 1. The molecular weight excluding hydrogens is 601 g/mol. The molecule has 2 atom stereocenters. The van der Waals surface area contributed by atoms with Gasteiger partial charge in [-0.25, -0.2) is 18.6 Å². The van der Waals surface area contributed by atoms with E-state index in [1.54, 1.807) is 18.0 Å². The Morgan fingerprint density at radius 3 is 2.18 bits per heavy atom. The number of imidazole rings is 1. The molecule has 4 N–H and O–H groups in total. The smallest absolute Gasteiger partial charge is 0.475 e. The summed E-state index contributed by atoms with van der Waals surface area (Å²) in [7, 11) is 0. The second kappa shape index (κ2) is 15.6. The summed E-state index contributed by atoms with van der Waals surface area (Å²) in [5.41, 5.74) is 6.50. The van der Waals surface area contributed by atoms with Gasteiger partial charge in [0.05, 0.1) is 17.8 Å². The maximum Gasteiger partial charge on any atom is 0.490 e. The fraction of sp³-hybridized carbons (Fsp3) is 0.419. The normalized spacial score (nSPS) is 12.9. The van der Waals surface area contributed by atoms with Crippen LogP contribution in [0.2, 0.25) is 0 Å². The van der Waals surface area contributed by atoms with Gasteiger partial charge in [-0.2, -0.15) is 13.2 Å². The molecule has 3 aromatic rings. The molecule has 9 nitrogen and oxygen atoms in total. The van der Waals surface area contributed by atoms with Crippen molar-refractivity contribution in [1.82, 2.24) is 19.8 Å². The zero-order chi connectivity index (χ0) is 34.1. The number of benzene rings is 2. The highest BCUT2D eigenvalue weighted by Crippen LogP contribution is 2.39. The highest BCUT2D eigenvalue weighted by molar-refractivity contribution is 5.80. The minimum Gasteiger partial charge on any atom is -0.475 e. The number of nitrogens with zero attached hydrogens (tertiary/aromatic N) is 3. The van der Waals surface area contributed by atoms with Gasteiger partial charge < -0.3 is 25.6 Å². The van der Waals surface area contributed by atoms with Crippen LogP contribution in [0.3, 0.4) is 0 Å². The van der Waals surface area contributed by atoms with Gasteiger partial charge in [0.25, 0.3) is 0 Å². The number of carboxylic acid groups (broad SMARTS) is 1. The summed E-state index contributed by atoms with van der Waals surface area (Å²) in [6, 6.07) is 11.9. The highest BCUT2D eigenvalue weighted by Gasteiger charge is 2.38. The minimum atomic E-state index is -5.08. The van der Waals surface area contributed by atoms with E-state index in [1.165, 1.54) is 6.92 Å². The van der Waals surface area contributed by atoms with E-state index < -0.39 is 41.3 Å². The van der Waals surface area contributed by atoms with E-state index in [0.29, 0.717) is 31.9 Å². The molecule has 246 valence electrons. The number of nitrogens with one attached hydrogen (secondary N) is 1. The molecule has 3 rings (SSSR count). The SMILES string of the molecule is CC(=O)N(CCCNC(=O)[C@H](C)N)[C@@H](c1nc(-c2cc(F)ccc2F)cn1Cc1ccccc1)C(C)(C)C.O=C(O)C(F)(F)F. The summed E-state index contributed by atoms with van der Waals surface area (Å²) >= 11 is 0. The lowest BCUT2D eigenvalue weighted by Crippen LogP contribution is -2.43. The van der Waals surface area contributed by atoms with Crippen molar-refractivity contribution in [2.45, 2.75) is 65.8 Å². The van der Waals surface area contributed by atoms with Crippen molar-refractivity contribution in [3.8, 4) is 11.3 Å². The average molecular weight is 640 g/mol. The van der Waals surface area contributed by atoms with Crippen LogP contribution >= 0.6 is 0 Å². The lowest BCUT2D eigenvalue weighted by molar-refractivity contribution is -0.192. The number of carbonyl (C=O) groups excluding carboxylic acids is 2. The molecule has 0 radical (unpaired) electrons. The Labute approximate surface area is 258 Å². The van der Waals surface area contributed by atoms with Crippen LogP contribution in [0.5, 0.6) is 0 Å². The van der Waals surface area contributed by atoms with Crippen LogP contribution in [0, 0.1) is 17.0 Å². The first-order valence-corrected chi connectivity index (χ1v) is 14.0. The van der Waals surface area contributed by atoms with Crippen molar-refractivity contribution in [3.05, 3.63) is 77.8 Å². The predicted molar refractivity (Wildman–Crippen MR) is 158 cm³/mol. The van der Waals surface area contributed by atoms with E-state index in [1.807, 2.05) is 55.7 Å². The maximum absolute atomic E-state index is 14.7. The summed E-state index contributed by atoms with van der Waals surface area (Å²) in [4.78, 5) is 40.2. The number of amides is 2. The molecule has 0 fully saturated rings. The van der Waals surface area contributed by atoms with E-state index >= 15 is 0 Å². The number of carboxylic acids is 1. The Hall–Kier alpha value is -4.33. The minimum absolute atomic E-state index is 0.0544. The zero-order valence-corrected chi connectivity index (χ0v) is 25.7. The lowest BCUT2D eigenvalue weighted by Gasteiger charge is -2.39. The van der Waals surface area contributed by atoms with Gasteiger partial charge in [-0.1, -0.05) is 51.1 Å². The van der Waals surface area contributed by atoms with Crippen LogP contribution in [0.25, 0.3) is 11.3 Å². The number of aliphatic carboxylic acids is 1. The molecular formula is C31H38F5N5O4. The fourth-order valence-electron chi connectivity index (χ4n) is 4.46. The molecule has 45 heavy (non-hydrogen) atoms. The van der Waals surface area contributed by atoms with Crippen molar-refractivity contribution >= 4 is 17.8 Å². The molecule has 2 amide bonds. The third-order valence-corrected chi connectivity index (χ3v) is 6.52. The van der Waals surface area contributed by atoms with Crippen molar-refractivity contribution in [1.29, 1.82) is 0 Å². The topological polar surface area (TPSA) is 131 Å². The summed E-state index contributed by atoms with van der Waals surface area (Å²) in [5, 5.41) is 9.90. The molecule has 0 aliphatic carbocycles. The van der Waals surface area contributed by atoms with Crippen LogP contribution in [-0.4, -0.2) is 62.6 Å². The molecule has 0 aliphatic rings. The lowest BCUT2D eigenvalue weighted by atomic mass is 9.84. The van der Waals surface area contributed by atoms with E-state index in [-0.39, 0.29) is 23.1 Å². The number of hydrogen-bond acceptors (Lipinski definition) is 5. The van der Waals surface area contributed by atoms with Gasteiger partial charge in [0.15, 0.2) is 0 Å². The predicted octanol–water partition coefficient (Wildman–Crippen LogP) is 5.30. The monoisotopic (exact) mass is 639 g/mol. The van der Waals surface area contributed by atoms with Crippen molar-refractivity contribution in [2.24, 2.45) is 11.1 Å². The summed E-state index contributed by atoms with van der Waals surface area (Å²) in [6.45, 7) is 10.3. The highest BCUT2D eigenvalue weighted by atomic mass is 19.4. The van der Waals surface area contributed by atoms with Gasteiger partial charge in [-0.15, -0.1) is 0 Å². The first-order chi connectivity index (χ1) is 20.8. The number of alkyl halides is 3. The number of aromatic nitrogens is 2. The van der Waals surface area contributed by atoms with Crippen LogP contribution in [0.4, 0.5) is 22.0 Å². The molecule has 0 saturated carbocycles. The average Bonchev–Trinajstić information content (AvgIpc) is 3.33. The van der Waals surface area contributed by atoms with Gasteiger partial charge in [-0.3, -0.25) is 9.59 Å². The first-order valence-electron chi connectivity index (χ1n) is 14.0. The van der Waals surface area contributed by atoms with E-state index in [4.69, 9.17) is 20.6 Å². The molecule has 0 aliphatic heterocycles. The second-order valence-corrected chi connectivity index (χ2v) is 11.4. The van der Waals surface area contributed by atoms with Gasteiger partial charge >= 0.3 is 12.1 Å². The van der Waals surface area contributed by atoms with Gasteiger partial charge in [0, 0.05) is 38.3 Å². The van der Waals surface area contributed by atoms with E-state index in [0.717, 1.165) is 23.8 Å². The number of rotatable bonds is 10. The number of hydrogen-bond donors (Lipinski definition) is 3. The van der Waals surface area contributed by atoms with Crippen LogP contribution < -0.4 is 11.1 Å². The third-order valence-electron chi connectivity index (χ3n) is 6.52. The summed E-state index contributed by atoms with van der Waals surface area (Å²) < 4.78 is 62.4. The number of halogens is 5. The van der Waals surface area contributed by atoms with E-state index in [9.17, 15) is 31.5 Å². The Morgan fingerprint density at radius 2 is 1.67 bits per heavy atom. The molecule has 0 spiro atoms. The molecule has 1 aromatic heterocycles. The standard InChI is InChI=1S/C29H37F2N5O2.C2HF3O2/c1-19(32)28(38)33-14-9-15-36(20(2)37)26(29(3,4)5)27-34-25(23-16-22(30)12-13-24(23)31)18-35(27)17-21-10-7-6-8-11-21;3-2(4,5)1(6)7/h6-8,10-13,16,18-19,26H,9,14-15,17,32H2,1-5H3,(H,33,38);(H,6,7)/t19-,26-;/m0./s1. The third kappa shape index (κ3) is 11.0. The van der Waals surface area contributed by atoms with Crippen molar-refractivity contribution in [2.75, 3.05) is 13.1 Å². The van der Waals surface area contributed by atoms with Crippen LogP contribution in [-0.2, 0) is 20.9 Å². The van der Waals surface area contributed by atoms with Crippen LogP contribution in [0.15, 0.2) is 54.7 Å². The second-order valence-electron chi connectivity index (χ2n) is 11.4. The molecule has 0 saturated heterocycles. The van der Waals surface area contributed by atoms with Gasteiger partial charge in [-0.05, 0) is 42.5 Å². The quantitative estimate of drug-likeness (QED) is 0.204. The Balaban J connectivity index is 0.000000900. The Morgan fingerprint density at radius 1 is 1.07 bits per heavy atom. The molecule has 0 unspecified atom stereocenters. The van der Waals surface area contributed by atoms with Crippen molar-refractivity contribution < 1.29 is 41.4 Å². The Kier molecular flexibility index (Phi) is 12.8. The maximum atomic E-state index is 14.7. The molecule has 0 bridgehead atoms. The Bertz CT molecular complexity index is 1450. The van der Waals surface area contributed by atoms with E-state index in [2.05, 4.69) is 5.32 Å². The molecule has 1 heterocycles. The first kappa shape index (κ1) is 36.9. The van der Waals surface area contributed by atoms with Crippen LogP contribution in [0.1, 0.15) is 58.5 Å². The number of carbonyl (C=O) groups is 3. The zero-order valence-electron chi connectivity index (χ0n) is 25.7. The van der Waals surface area contributed by atoms with Gasteiger partial charge in [0.2, 0.25) is 11.8 Å². The summed E-state index contributed by atoms with van der Waals surface area (Å²) in [5.74, 6) is -3.75.